The van der Waals surface area contributed by atoms with Gasteiger partial charge in [0.05, 0.1) is 12.1 Å². The number of carbonyl (C=O) groups is 1. The highest BCUT2D eigenvalue weighted by Gasteiger charge is 2.35. The number of piperidine rings is 1. The maximum Gasteiger partial charge on any atom is 0.317 e. The number of likely N-dealkylation sites (tertiary alicyclic amines) is 1. The van der Waals surface area contributed by atoms with E-state index in [0.717, 1.165) is 6.42 Å². The molecule has 1 aliphatic rings. The molecule has 1 fully saturated rings. The third-order valence-corrected chi connectivity index (χ3v) is 4.29. The maximum atomic E-state index is 13.7. The molecule has 5 nitrogen and oxygen atoms in total. The van der Waals surface area contributed by atoms with Crippen molar-refractivity contribution in [3.63, 3.8) is 0 Å². The van der Waals surface area contributed by atoms with E-state index in [9.17, 15) is 14.3 Å². The highest BCUT2D eigenvalue weighted by atomic mass is 35.5. The maximum absolute atomic E-state index is 13.7. The fourth-order valence-electron chi connectivity index (χ4n) is 2.98. The van der Waals surface area contributed by atoms with Crippen molar-refractivity contribution in [1.82, 2.24) is 15.1 Å². The van der Waals surface area contributed by atoms with Gasteiger partial charge in [-0.25, -0.2) is 9.18 Å². The molecule has 0 unspecified atom stereocenters. The molecule has 0 aliphatic carbocycles. The summed E-state index contributed by atoms with van der Waals surface area (Å²) in [4.78, 5) is 15.8. The minimum atomic E-state index is -0.908. The highest BCUT2D eigenvalue weighted by molar-refractivity contribution is 6.31. The second-order valence-corrected chi connectivity index (χ2v) is 6.75. The van der Waals surface area contributed by atoms with E-state index < -0.39 is 11.4 Å². The number of hydrogen-bond acceptors (Lipinski definition) is 3. The number of benzene rings is 1. The summed E-state index contributed by atoms with van der Waals surface area (Å²) < 4.78 is 13.7. The minimum Gasteiger partial charge on any atom is -0.387 e. The van der Waals surface area contributed by atoms with Gasteiger partial charge in [0.15, 0.2) is 0 Å². The number of nitrogens with zero attached hydrogens (tertiary/aromatic N) is 2. The lowest BCUT2D eigenvalue weighted by molar-refractivity contribution is -0.0347. The van der Waals surface area contributed by atoms with Crippen molar-refractivity contribution in [2.24, 2.45) is 0 Å². The van der Waals surface area contributed by atoms with Gasteiger partial charge in [-0.3, -0.25) is 0 Å². The average molecular weight is 344 g/mol. The van der Waals surface area contributed by atoms with Gasteiger partial charge in [0.1, 0.15) is 5.82 Å². The number of urea groups is 1. The Morgan fingerprint density at radius 2 is 2.26 bits per heavy atom. The molecule has 128 valence electrons. The van der Waals surface area contributed by atoms with Crippen LogP contribution in [-0.2, 0) is 6.54 Å². The van der Waals surface area contributed by atoms with Gasteiger partial charge in [-0.05, 0) is 39.1 Å². The lowest BCUT2D eigenvalue weighted by Crippen LogP contribution is -2.56. The molecular weight excluding hydrogens is 321 g/mol. The van der Waals surface area contributed by atoms with Gasteiger partial charge in [-0.1, -0.05) is 17.7 Å². The van der Waals surface area contributed by atoms with Gasteiger partial charge in [-0.15, -0.1) is 0 Å². The van der Waals surface area contributed by atoms with Crippen LogP contribution in [0.15, 0.2) is 18.2 Å². The van der Waals surface area contributed by atoms with Crippen molar-refractivity contribution in [3.05, 3.63) is 34.6 Å². The number of β-amino-alcohol motifs (C(OH)–C–C–N with tert-alkyl or cyclic N) is 1. The van der Waals surface area contributed by atoms with Crippen molar-refractivity contribution in [3.8, 4) is 0 Å². The molecule has 2 amide bonds. The third-order valence-electron chi connectivity index (χ3n) is 3.93. The van der Waals surface area contributed by atoms with Gasteiger partial charge in [0.25, 0.3) is 0 Å². The van der Waals surface area contributed by atoms with Crippen molar-refractivity contribution >= 4 is 17.6 Å². The van der Waals surface area contributed by atoms with Crippen LogP contribution >= 0.6 is 11.6 Å². The van der Waals surface area contributed by atoms with E-state index in [1.54, 1.807) is 11.0 Å². The number of likely N-dealkylation sites (N-methyl/N-ethyl adjacent to an activating group) is 1. The Morgan fingerprint density at radius 1 is 1.52 bits per heavy atom. The van der Waals surface area contributed by atoms with Crippen LogP contribution < -0.4 is 5.32 Å². The number of halogens is 2. The summed E-state index contributed by atoms with van der Waals surface area (Å²) in [5, 5.41) is 13.6. The minimum absolute atomic E-state index is 0.0208. The summed E-state index contributed by atoms with van der Waals surface area (Å²) >= 11 is 5.95. The van der Waals surface area contributed by atoms with E-state index in [0.29, 0.717) is 19.5 Å². The van der Waals surface area contributed by atoms with Crippen LogP contribution in [0.3, 0.4) is 0 Å². The van der Waals surface area contributed by atoms with Gasteiger partial charge in [0.2, 0.25) is 0 Å². The SMILES string of the molecule is CN(C)C[C@]1(O)CCCN(C(=O)NCc2c(F)cccc2Cl)C1. The van der Waals surface area contributed by atoms with Crippen molar-refractivity contribution in [1.29, 1.82) is 0 Å². The van der Waals surface area contributed by atoms with Crippen LogP contribution in [0, 0.1) is 5.82 Å². The number of aliphatic hydroxyl groups is 1. The predicted octanol–water partition coefficient (Wildman–Crippen LogP) is 2.08. The Balaban J connectivity index is 1.95. The molecule has 1 aromatic rings. The van der Waals surface area contributed by atoms with E-state index in [1.807, 2.05) is 19.0 Å². The van der Waals surface area contributed by atoms with Crippen LogP contribution in [0.5, 0.6) is 0 Å². The van der Waals surface area contributed by atoms with Gasteiger partial charge < -0.3 is 20.2 Å². The van der Waals surface area contributed by atoms with E-state index in [4.69, 9.17) is 11.6 Å². The lowest BCUT2D eigenvalue weighted by Gasteiger charge is -2.40. The van der Waals surface area contributed by atoms with E-state index >= 15 is 0 Å². The molecule has 7 heteroatoms. The molecule has 2 rings (SSSR count). The van der Waals surface area contributed by atoms with Crippen LogP contribution in [0.2, 0.25) is 5.02 Å². The first-order valence-corrected chi connectivity index (χ1v) is 8.01. The Morgan fingerprint density at radius 3 is 2.91 bits per heavy atom. The number of hydrogen-bond donors (Lipinski definition) is 2. The molecule has 1 heterocycles. The molecule has 23 heavy (non-hydrogen) atoms. The molecule has 1 aromatic carbocycles. The Bertz CT molecular complexity index is 550. The molecule has 0 radical (unpaired) electrons. The molecule has 0 aromatic heterocycles. The smallest absolute Gasteiger partial charge is 0.317 e. The number of carbonyl (C=O) groups excluding carboxylic acids is 1. The normalized spacial score (nSPS) is 21.6. The largest absolute Gasteiger partial charge is 0.387 e. The summed E-state index contributed by atoms with van der Waals surface area (Å²) in [5.41, 5.74) is -0.641. The van der Waals surface area contributed by atoms with Crippen LogP contribution in [0.25, 0.3) is 0 Å². The molecule has 0 saturated carbocycles. The standard InChI is InChI=1S/C16H23ClFN3O2/c1-20(2)10-16(23)7-4-8-21(11-16)15(22)19-9-12-13(17)5-3-6-14(12)18/h3,5-6,23H,4,7-11H2,1-2H3,(H,19,22)/t16-/m1/s1. The fourth-order valence-corrected chi connectivity index (χ4v) is 3.21. The van der Waals surface area contributed by atoms with Crippen LogP contribution in [0.1, 0.15) is 18.4 Å². The fraction of sp³-hybridized carbons (Fsp3) is 0.562. The second-order valence-electron chi connectivity index (χ2n) is 6.35. The van der Waals surface area contributed by atoms with E-state index in [1.165, 1.54) is 12.1 Å². The first-order valence-electron chi connectivity index (χ1n) is 7.63. The zero-order valence-electron chi connectivity index (χ0n) is 13.5. The third kappa shape index (κ3) is 4.80. The number of rotatable bonds is 4. The zero-order valence-corrected chi connectivity index (χ0v) is 14.2. The summed E-state index contributed by atoms with van der Waals surface area (Å²) in [6.45, 7) is 1.36. The van der Waals surface area contributed by atoms with Gasteiger partial charge in [-0.2, -0.15) is 0 Å². The second kappa shape index (κ2) is 7.47. The molecule has 1 aliphatic heterocycles. The Labute approximate surface area is 141 Å². The van der Waals surface area contributed by atoms with Crippen molar-refractivity contribution < 1.29 is 14.3 Å². The van der Waals surface area contributed by atoms with Crippen molar-refractivity contribution in [2.45, 2.75) is 25.0 Å². The van der Waals surface area contributed by atoms with Crippen LogP contribution in [0.4, 0.5) is 9.18 Å². The molecular formula is C16H23ClFN3O2. The zero-order chi connectivity index (χ0) is 17.0. The average Bonchev–Trinajstić information content (AvgIpc) is 2.45. The van der Waals surface area contributed by atoms with Crippen LogP contribution in [-0.4, -0.2) is 60.3 Å². The summed E-state index contributed by atoms with van der Waals surface area (Å²) in [7, 11) is 3.77. The monoisotopic (exact) mass is 343 g/mol. The van der Waals surface area contributed by atoms with Gasteiger partial charge in [0, 0.05) is 30.2 Å². The molecule has 0 spiro atoms. The first-order chi connectivity index (χ1) is 10.8. The summed E-state index contributed by atoms with van der Waals surface area (Å²) in [6, 6.07) is 4.10. The molecule has 1 atom stereocenters. The molecule has 0 bridgehead atoms. The predicted molar refractivity (Wildman–Crippen MR) is 88.0 cm³/mol. The number of nitrogens with one attached hydrogen (secondary N) is 1. The molecule has 1 saturated heterocycles. The Hall–Kier alpha value is -1.37. The highest BCUT2D eigenvalue weighted by Crippen LogP contribution is 2.22. The van der Waals surface area contributed by atoms with Gasteiger partial charge >= 0.3 is 6.03 Å². The van der Waals surface area contributed by atoms with E-state index in [2.05, 4.69) is 5.32 Å². The molecule has 2 N–H and O–H groups in total. The quantitative estimate of drug-likeness (QED) is 0.880. The lowest BCUT2D eigenvalue weighted by atomic mass is 9.92. The van der Waals surface area contributed by atoms with E-state index in [-0.39, 0.29) is 29.7 Å². The summed E-state index contributed by atoms with van der Waals surface area (Å²) in [5.74, 6) is -0.444. The van der Waals surface area contributed by atoms with Crippen molar-refractivity contribution in [2.75, 3.05) is 33.7 Å². The number of amides is 2. The topological polar surface area (TPSA) is 55.8 Å². The Kier molecular flexibility index (Phi) is 5.84. The summed E-state index contributed by atoms with van der Waals surface area (Å²) in [6.07, 6.45) is 1.40. The first kappa shape index (κ1) is 18.0.